The predicted molar refractivity (Wildman–Crippen MR) is 77.3 cm³/mol. The third kappa shape index (κ3) is 3.02. The number of carbonyl (C=O) groups is 1. The van der Waals surface area contributed by atoms with E-state index in [0.29, 0.717) is 0 Å². The van der Waals surface area contributed by atoms with Crippen LogP contribution in [-0.4, -0.2) is 6.29 Å². The first-order chi connectivity index (χ1) is 8.70. The lowest BCUT2D eigenvalue weighted by atomic mass is 10.1. The van der Waals surface area contributed by atoms with Crippen LogP contribution in [0.1, 0.15) is 27.0 Å². The number of benzene rings is 2. The van der Waals surface area contributed by atoms with E-state index in [9.17, 15) is 4.79 Å². The zero-order chi connectivity index (χ0) is 13.0. The molecule has 92 valence electrons. The highest BCUT2D eigenvalue weighted by molar-refractivity contribution is 7.98. The van der Waals surface area contributed by atoms with E-state index in [1.54, 1.807) is 0 Å². The molecule has 0 bridgehead atoms. The molecular formula is C16H16OS. The summed E-state index contributed by atoms with van der Waals surface area (Å²) >= 11 is 1.82. The molecule has 18 heavy (non-hydrogen) atoms. The molecule has 0 unspecified atom stereocenters. The summed E-state index contributed by atoms with van der Waals surface area (Å²) in [6.07, 6.45) is 0.892. The van der Waals surface area contributed by atoms with Crippen molar-refractivity contribution in [2.24, 2.45) is 0 Å². The Balaban J connectivity index is 2.11. The Kier molecular flexibility index (Phi) is 4.21. The van der Waals surface area contributed by atoms with Crippen LogP contribution in [0.15, 0.2) is 47.4 Å². The number of rotatable bonds is 4. The highest BCUT2D eigenvalue weighted by Crippen LogP contribution is 2.27. The standard InChI is InChI=1S/C16H16OS/c1-12-5-3-4-6-15(12)11-18-16-8-7-14(10-17)9-13(16)2/h3-10H,11H2,1-2H3. The third-order valence-electron chi connectivity index (χ3n) is 2.98. The van der Waals surface area contributed by atoms with Crippen molar-refractivity contribution >= 4 is 18.0 Å². The summed E-state index contributed by atoms with van der Waals surface area (Å²) in [5, 5.41) is 0. The first-order valence-corrected chi connectivity index (χ1v) is 6.92. The molecule has 0 saturated heterocycles. The van der Waals surface area contributed by atoms with Crippen molar-refractivity contribution in [3.8, 4) is 0 Å². The second kappa shape index (κ2) is 5.87. The van der Waals surface area contributed by atoms with Gasteiger partial charge in [-0.05, 0) is 42.7 Å². The monoisotopic (exact) mass is 256 g/mol. The summed E-state index contributed by atoms with van der Waals surface area (Å²) in [4.78, 5) is 11.9. The molecule has 0 aliphatic carbocycles. The molecule has 0 atom stereocenters. The molecule has 0 aliphatic heterocycles. The number of aryl methyl sites for hydroxylation is 2. The normalized spacial score (nSPS) is 10.3. The summed E-state index contributed by atoms with van der Waals surface area (Å²) < 4.78 is 0. The summed E-state index contributed by atoms with van der Waals surface area (Å²) in [6, 6.07) is 14.3. The van der Waals surface area contributed by atoms with Gasteiger partial charge in [-0.25, -0.2) is 0 Å². The van der Waals surface area contributed by atoms with Crippen LogP contribution in [0.5, 0.6) is 0 Å². The third-order valence-corrected chi connectivity index (χ3v) is 4.20. The Morgan fingerprint density at radius 1 is 1.06 bits per heavy atom. The molecule has 0 amide bonds. The molecule has 0 heterocycles. The average molecular weight is 256 g/mol. The van der Waals surface area contributed by atoms with E-state index in [4.69, 9.17) is 0 Å². The highest BCUT2D eigenvalue weighted by Gasteiger charge is 2.03. The molecule has 0 saturated carbocycles. The van der Waals surface area contributed by atoms with Crippen molar-refractivity contribution in [3.63, 3.8) is 0 Å². The highest BCUT2D eigenvalue weighted by atomic mass is 32.2. The maximum atomic E-state index is 10.7. The Labute approximate surface area is 112 Å². The maximum absolute atomic E-state index is 10.7. The number of hydrogen-bond acceptors (Lipinski definition) is 2. The van der Waals surface area contributed by atoms with Gasteiger partial charge in [0.2, 0.25) is 0 Å². The Bertz CT molecular complexity index is 561. The lowest BCUT2D eigenvalue weighted by Gasteiger charge is -2.08. The fourth-order valence-corrected chi connectivity index (χ4v) is 2.92. The van der Waals surface area contributed by atoms with E-state index in [0.717, 1.165) is 23.2 Å². The minimum absolute atomic E-state index is 0.743. The molecular weight excluding hydrogens is 240 g/mol. The van der Waals surface area contributed by atoms with E-state index < -0.39 is 0 Å². The molecule has 2 heteroatoms. The van der Waals surface area contributed by atoms with Crippen molar-refractivity contribution in [1.82, 2.24) is 0 Å². The summed E-state index contributed by atoms with van der Waals surface area (Å²) in [5.74, 6) is 0.966. The van der Waals surface area contributed by atoms with Crippen molar-refractivity contribution in [1.29, 1.82) is 0 Å². The minimum atomic E-state index is 0.743. The molecule has 0 N–H and O–H groups in total. The van der Waals surface area contributed by atoms with Crippen molar-refractivity contribution < 1.29 is 4.79 Å². The lowest BCUT2D eigenvalue weighted by molar-refractivity contribution is 0.112. The average Bonchev–Trinajstić information content (AvgIpc) is 2.39. The Morgan fingerprint density at radius 2 is 1.83 bits per heavy atom. The molecule has 0 fully saturated rings. The van der Waals surface area contributed by atoms with Gasteiger partial charge in [0.05, 0.1) is 0 Å². The van der Waals surface area contributed by atoms with Gasteiger partial charge in [-0.1, -0.05) is 30.3 Å². The number of carbonyl (C=O) groups excluding carboxylic acids is 1. The maximum Gasteiger partial charge on any atom is 0.150 e. The van der Waals surface area contributed by atoms with Gasteiger partial charge in [0.15, 0.2) is 0 Å². The first-order valence-electron chi connectivity index (χ1n) is 5.94. The van der Waals surface area contributed by atoms with Crippen LogP contribution in [0.4, 0.5) is 0 Å². The molecule has 0 radical (unpaired) electrons. The van der Waals surface area contributed by atoms with E-state index >= 15 is 0 Å². The predicted octanol–water partition coefficient (Wildman–Crippen LogP) is 4.41. The van der Waals surface area contributed by atoms with Crippen LogP contribution >= 0.6 is 11.8 Å². The molecule has 0 aromatic heterocycles. The zero-order valence-electron chi connectivity index (χ0n) is 10.6. The molecule has 2 aromatic rings. The van der Waals surface area contributed by atoms with Crippen LogP contribution in [0, 0.1) is 13.8 Å². The van der Waals surface area contributed by atoms with Gasteiger partial charge in [0, 0.05) is 16.2 Å². The van der Waals surface area contributed by atoms with Crippen LogP contribution < -0.4 is 0 Å². The van der Waals surface area contributed by atoms with E-state index in [-0.39, 0.29) is 0 Å². The quantitative estimate of drug-likeness (QED) is 0.595. The fourth-order valence-electron chi connectivity index (χ4n) is 1.84. The van der Waals surface area contributed by atoms with Gasteiger partial charge in [0.25, 0.3) is 0 Å². The first kappa shape index (κ1) is 12.9. The number of aldehydes is 1. The SMILES string of the molecule is Cc1ccccc1CSc1ccc(C=O)cc1C. The van der Waals surface area contributed by atoms with Gasteiger partial charge in [-0.3, -0.25) is 4.79 Å². The smallest absolute Gasteiger partial charge is 0.150 e. The van der Waals surface area contributed by atoms with Crippen LogP contribution in [-0.2, 0) is 5.75 Å². The van der Waals surface area contributed by atoms with E-state index in [1.807, 2.05) is 36.9 Å². The zero-order valence-corrected chi connectivity index (χ0v) is 11.5. The number of hydrogen-bond donors (Lipinski definition) is 0. The van der Waals surface area contributed by atoms with Crippen LogP contribution in [0.3, 0.4) is 0 Å². The van der Waals surface area contributed by atoms with Gasteiger partial charge >= 0.3 is 0 Å². The Morgan fingerprint density at radius 3 is 2.50 bits per heavy atom. The molecule has 1 nitrogen and oxygen atoms in total. The van der Waals surface area contributed by atoms with E-state index in [2.05, 4.69) is 31.2 Å². The topological polar surface area (TPSA) is 17.1 Å². The summed E-state index contributed by atoms with van der Waals surface area (Å²) in [5.41, 5.74) is 4.60. The minimum Gasteiger partial charge on any atom is -0.298 e. The van der Waals surface area contributed by atoms with E-state index in [1.165, 1.54) is 16.0 Å². The summed E-state index contributed by atoms with van der Waals surface area (Å²) in [6.45, 7) is 4.19. The largest absolute Gasteiger partial charge is 0.298 e. The second-order valence-corrected chi connectivity index (χ2v) is 5.38. The molecule has 0 spiro atoms. The lowest BCUT2D eigenvalue weighted by Crippen LogP contribution is -1.88. The van der Waals surface area contributed by atoms with Crippen LogP contribution in [0.25, 0.3) is 0 Å². The molecule has 2 rings (SSSR count). The molecule has 0 aliphatic rings. The van der Waals surface area contributed by atoms with Gasteiger partial charge < -0.3 is 0 Å². The fraction of sp³-hybridized carbons (Fsp3) is 0.188. The number of thioether (sulfide) groups is 1. The Hall–Kier alpha value is -1.54. The van der Waals surface area contributed by atoms with Crippen molar-refractivity contribution in [2.45, 2.75) is 24.5 Å². The second-order valence-electron chi connectivity index (χ2n) is 4.36. The van der Waals surface area contributed by atoms with Gasteiger partial charge in [-0.2, -0.15) is 0 Å². The molecule has 2 aromatic carbocycles. The van der Waals surface area contributed by atoms with Crippen LogP contribution in [0.2, 0.25) is 0 Å². The summed E-state index contributed by atoms with van der Waals surface area (Å²) in [7, 11) is 0. The van der Waals surface area contributed by atoms with Crippen molar-refractivity contribution in [2.75, 3.05) is 0 Å². The van der Waals surface area contributed by atoms with Gasteiger partial charge in [-0.15, -0.1) is 11.8 Å². The van der Waals surface area contributed by atoms with Gasteiger partial charge in [0.1, 0.15) is 6.29 Å². The van der Waals surface area contributed by atoms with Crippen molar-refractivity contribution in [3.05, 3.63) is 64.7 Å².